The zero-order valence-electron chi connectivity index (χ0n) is 8.50. The lowest BCUT2D eigenvalue weighted by atomic mass is 9.93. The molecule has 1 nitrogen and oxygen atoms in total. The summed E-state index contributed by atoms with van der Waals surface area (Å²) in [7, 11) is 0. The van der Waals surface area contributed by atoms with E-state index in [-0.39, 0.29) is 17.9 Å². The van der Waals surface area contributed by atoms with E-state index in [2.05, 4.69) is 45.0 Å². The molecule has 1 aromatic rings. The Bertz CT molecular complexity index is 263. The quantitative estimate of drug-likeness (QED) is 0.779. The van der Waals surface area contributed by atoms with Crippen molar-refractivity contribution in [3.63, 3.8) is 0 Å². The van der Waals surface area contributed by atoms with Gasteiger partial charge in [0.25, 0.3) is 0 Å². The first-order valence-corrected chi connectivity index (χ1v) is 4.32. The van der Waals surface area contributed by atoms with Gasteiger partial charge in [0.2, 0.25) is 0 Å². The largest absolute Gasteiger partial charge is 0.325 e. The molecule has 0 fully saturated rings. The fraction of sp³-hybridized carbons (Fsp3) is 0.455. The maximum absolute atomic E-state index is 5.94. The molecule has 0 saturated carbocycles. The Kier molecular flexibility index (Phi) is 4.45. The third-order valence-electron chi connectivity index (χ3n) is 1.91. The molecule has 0 spiro atoms. The van der Waals surface area contributed by atoms with Crippen LogP contribution in [0, 0.1) is 6.92 Å². The smallest absolute Gasteiger partial charge is 0.0138 e. The van der Waals surface area contributed by atoms with E-state index in [0.717, 1.165) is 6.42 Å². The second-order valence-corrected chi connectivity index (χ2v) is 4.09. The SMILES string of the molecule is Cc1ccccc1CC(C)(C)N.Cl. The predicted octanol–water partition coefficient (Wildman–Crippen LogP) is 2.70. The molecule has 0 atom stereocenters. The van der Waals surface area contributed by atoms with Crippen molar-refractivity contribution < 1.29 is 0 Å². The summed E-state index contributed by atoms with van der Waals surface area (Å²) in [5.74, 6) is 0. The number of benzene rings is 1. The Balaban J connectivity index is 0.00000144. The number of hydrogen-bond donors (Lipinski definition) is 1. The van der Waals surface area contributed by atoms with Crippen LogP contribution in [0.25, 0.3) is 0 Å². The van der Waals surface area contributed by atoms with Gasteiger partial charge in [-0.15, -0.1) is 12.4 Å². The van der Waals surface area contributed by atoms with Crippen LogP contribution >= 0.6 is 12.4 Å². The Morgan fingerprint density at radius 1 is 1.23 bits per heavy atom. The Labute approximate surface area is 86.7 Å². The first-order valence-electron chi connectivity index (χ1n) is 4.32. The van der Waals surface area contributed by atoms with Gasteiger partial charge in [0.1, 0.15) is 0 Å². The summed E-state index contributed by atoms with van der Waals surface area (Å²) in [6, 6.07) is 8.39. The van der Waals surface area contributed by atoms with E-state index >= 15 is 0 Å². The molecule has 0 unspecified atom stereocenters. The average Bonchev–Trinajstić information content (AvgIpc) is 1.91. The molecule has 0 aliphatic carbocycles. The van der Waals surface area contributed by atoms with Crippen molar-refractivity contribution in [3.8, 4) is 0 Å². The number of nitrogens with two attached hydrogens (primary N) is 1. The van der Waals surface area contributed by atoms with Gasteiger partial charge in [-0.1, -0.05) is 24.3 Å². The fourth-order valence-electron chi connectivity index (χ4n) is 1.30. The van der Waals surface area contributed by atoms with Gasteiger partial charge >= 0.3 is 0 Å². The first kappa shape index (κ1) is 12.5. The fourth-order valence-corrected chi connectivity index (χ4v) is 1.30. The Morgan fingerprint density at radius 3 is 2.23 bits per heavy atom. The van der Waals surface area contributed by atoms with Crippen molar-refractivity contribution in [1.82, 2.24) is 0 Å². The topological polar surface area (TPSA) is 26.0 Å². The van der Waals surface area contributed by atoms with Crippen LogP contribution in [-0.2, 0) is 6.42 Å². The minimum absolute atomic E-state index is 0. The van der Waals surface area contributed by atoms with Crippen LogP contribution in [-0.4, -0.2) is 5.54 Å². The van der Waals surface area contributed by atoms with Gasteiger partial charge in [-0.25, -0.2) is 0 Å². The van der Waals surface area contributed by atoms with Crippen LogP contribution in [0.3, 0.4) is 0 Å². The van der Waals surface area contributed by atoms with Crippen molar-refractivity contribution in [2.75, 3.05) is 0 Å². The lowest BCUT2D eigenvalue weighted by molar-refractivity contribution is 0.515. The molecule has 0 aromatic heterocycles. The van der Waals surface area contributed by atoms with E-state index in [0.29, 0.717) is 0 Å². The molecule has 0 heterocycles. The summed E-state index contributed by atoms with van der Waals surface area (Å²) in [4.78, 5) is 0. The monoisotopic (exact) mass is 199 g/mol. The second-order valence-electron chi connectivity index (χ2n) is 4.09. The average molecular weight is 200 g/mol. The van der Waals surface area contributed by atoms with Gasteiger partial charge in [-0.05, 0) is 38.3 Å². The second kappa shape index (κ2) is 4.64. The van der Waals surface area contributed by atoms with E-state index < -0.39 is 0 Å². The molecule has 2 heteroatoms. The van der Waals surface area contributed by atoms with Crippen molar-refractivity contribution >= 4 is 12.4 Å². The zero-order valence-corrected chi connectivity index (χ0v) is 9.32. The molecule has 0 radical (unpaired) electrons. The summed E-state index contributed by atoms with van der Waals surface area (Å²) >= 11 is 0. The van der Waals surface area contributed by atoms with Gasteiger partial charge in [0.15, 0.2) is 0 Å². The molecule has 13 heavy (non-hydrogen) atoms. The standard InChI is InChI=1S/C11H17N.ClH/c1-9-6-4-5-7-10(9)8-11(2,3)12;/h4-7H,8,12H2,1-3H3;1H. The maximum atomic E-state index is 5.94. The summed E-state index contributed by atoms with van der Waals surface area (Å²) in [5.41, 5.74) is 8.51. The van der Waals surface area contributed by atoms with Gasteiger partial charge in [-0.3, -0.25) is 0 Å². The van der Waals surface area contributed by atoms with Crippen molar-refractivity contribution in [2.45, 2.75) is 32.7 Å². The number of rotatable bonds is 2. The van der Waals surface area contributed by atoms with E-state index in [1.54, 1.807) is 0 Å². The zero-order chi connectivity index (χ0) is 9.19. The summed E-state index contributed by atoms with van der Waals surface area (Å²) in [6.07, 6.45) is 0.944. The highest BCUT2D eigenvalue weighted by atomic mass is 35.5. The van der Waals surface area contributed by atoms with Gasteiger partial charge in [-0.2, -0.15) is 0 Å². The van der Waals surface area contributed by atoms with E-state index in [4.69, 9.17) is 5.73 Å². The summed E-state index contributed by atoms with van der Waals surface area (Å²) < 4.78 is 0. The molecule has 1 rings (SSSR count). The highest BCUT2D eigenvalue weighted by molar-refractivity contribution is 5.85. The molecular formula is C11H18ClN. The van der Waals surface area contributed by atoms with Crippen LogP contribution in [0.5, 0.6) is 0 Å². The molecule has 0 saturated heterocycles. The minimum Gasteiger partial charge on any atom is -0.325 e. The Hall–Kier alpha value is -0.530. The number of aryl methyl sites for hydroxylation is 1. The minimum atomic E-state index is -0.105. The normalized spacial score (nSPS) is 10.8. The van der Waals surface area contributed by atoms with Crippen molar-refractivity contribution in [3.05, 3.63) is 35.4 Å². The number of halogens is 1. The summed E-state index contributed by atoms with van der Waals surface area (Å²) in [6.45, 7) is 6.24. The molecule has 74 valence electrons. The molecular weight excluding hydrogens is 182 g/mol. The van der Waals surface area contributed by atoms with Gasteiger partial charge in [0, 0.05) is 5.54 Å². The van der Waals surface area contributed by atoms with E-state index in [1.807, 2.05) is 0 Å². The molecule has 0 amide bonds. The van der Waals surface area contributed by atoms with Gasteiger partial charge in [0.05, 0.1) is 0 Å². The highest BCUT2D eigenvalue weighted by Crippen LogP contribution is 2.13. The van der Waals surface area contributed by atoms with Gasteiger partial charge < -0.3 is 5.73 Å². The third kappa shape index (κ3) is 4.30. The molecule has 2 N–H and O–H groups in total. The molecule has 0 aliphatic rings. The predicted molar refractivity (Wildman–Crippen MR) is 60.4 cm³/mol. The van der Waals surface area contributed by atoms with Crippen LogP contribution in [0.1, 0.15) is 25.0 Å². The summed E-state index contributed by atoms with van der Waals surface area (Å²) in [5, 5.41) is 0. The maximum Gasteiger partial charge on any atom is 0.0138 e. The number of hydrogen-bond acceptors (Lipinski definition) is 1. The van der Waals surface area contributed by atoms with E-state index in [1.165, 1.54) is 11.1 Å². The van der Waals surface area contributed by atoms with Crippen molar-refractivity contribution in [1.29, 1.82) is 0 Å². The lowest BCUT2D eigenvalue weighted by Gasteiger charge is -2.19. The Morgan fingerprint density at radius 2 is 1.77 bits per heavy atom. The highest BCUT2D eigenvalue weighted by Gasteiger charge is 2.12. The third-order valence-corrected chi connectivity index (χ3v) is 1.91. The lowest BCUT2D eigenvalue weighted by Crippen LogP contribution is -2.34. The van der Waals surface area contributed by atoms with Crippen LogP contribution in [0.2, 0.25) is 0 Å². The molecule has 1 aromatic carbocycles. The first-order chi connectivity index (χ1) is 5.49. The van der Waals surface area contributed by atoms with Crippen molar-refractivity contribution in [2.24, 2.45) is 5.73 Å². The van der Waals surface area contributed by atoms with Crippen LogP contribution < -0.4 is 5.73 Å². The van der Waals surface area contributed by atoms with Crippen LogP contribution in [0.4, 0.5) is 0 Å². The molecule has 0 bridgehead atoms. The van der Waals surface area contributed by atoms with Crippen LogP contribution in [0.15, 0.2) is 24.3 Å². The molecule has 0 aliphatic heterocycles. The van der Waals surface area contributed by atoms with E-state index in [9.17, 15) is 0 Å².